The molecule has 0 saturated heterocycles. The molecule has 0 aromatic heterocycles. The molecule has 0 aliphatic heterocycles. The molecule has 1 aliphatic rings. The molecule has 0 fully saturated rings. The molecule has 0 radical (unpaired) electrons. The number of benzene rings is 10. The van der Waals surface area contributed by atoms with E-state index in [2.05, 4.69) is 245 Å². The Kier molecular flexibility index (Phi) is 8.92. The molecule has 10 aromatic rings. The third kappa shape index (κ3) is 6.12. The molecule has 0 saturated carbocycles. The molecule has 298 valence electrons. The summed E-state index contributed by atoms with van der Waals surface area (Å²) in [5, 5.41) is 9.01. The first-order valence-corrected chi connectivity index (χ1v) is 25.4. The quantitative estimate of drug-likeness (QED) is 0.114. The van der Waals surface area contributed by atoms with Crippen LogP contribution < -0.4 is 10.1 Å². The van der Waals surface area contributed by atoms with Gasteiger partial charge in [-0.1, -0.05) is 202 Å². The van der Waals surface area contributed by atoms with Gasteiger partial charge in [-0.2, -0.15) is 0 Å². The molecule has 2 heteroatoms. The molecule has 62 heavy (non-hydrogen) atoms. The van der Waals surface area contributed by atoms with Crippen LogP contribution >= 0.6 is 0 Å². The van der Waals surface area contributed by atoms with E-state index in [0.29, 0.717) is 0 Å². The van der Waals surface area contributed by atoms with Gasteiger partial charge in [0.15, 0.2) is 0 Å². The largest absolute Gasteiger partial charge is 0.310 e. The van der Waals surface area contributed by atoms with Gasteiger partial charge >= 0.3 is 0 Å². The summed E-state index contributed by atoms with van der Waals surface area (Å²) < 4.78 is 0. The second-order valence-corrected chi connectivity index (χ2v) is 23.6. The average molecular weight is 812 g/mol. The molecule has 0 atom stereocenters. The maximum atomic E-state index is 2.49. The van der Waals surface area contributed by atoms with Crippen LogP contribution in [-0.2, 0) is 5.41 Å². The monoisotopic (exact) mass is 811 g/mol. The van der Waals surface area contributed by atoms with Crippen LogP contribution in [0.15, 0.2) is 206 Å². The summed E-state index contributed by atoms with van der Waals surface area (Å²) in [6.07, 6.45) is 0. The van der Waals surface area contributed by atoms with Crippen LogP contribution in [-0.4, -0.2) is 8.07 Å². The van der Waals surface area contributed by atoms with Crippen molar-refractivity contribution in [3.8, 4) is 44.5 Å². The summed E-state index contributed by atoms with van der Waals surface area (Å²) in [5.41, 5.74) is 16.1. The molecule has 11 rings (SSSR count). The van der Waals surface area contributed by atoms with Crippen LogP contribution in [0.5, 0.6) is 0 Å². The molecular formula is C60H49NSi. The molecule has 1 nitrogen and oxygen atoms in total. The number of rotatable bonds is 7. The number of anilines is 3. The lowest BCUT2D eigenvalue weighted by molar-refractivity contribution is 0.660. The molecule has 10 aromatic carbocycles. The van der Waals surface area contributed by atoms with Crippen LogP contribution in [0.4, 0.5) is 17.1 Å². The standard InChI is InChI=1S/C60H49NSi/c1-60(2)55-28-18-17-26-48(55)49-35-31-45(38-56(49)60)61(43-29-33-46(34-30-43)62(3,4)5)44-32-36-51-54(37-44)47-25-15-16-27-50(47)58-53(41-21-11-7-12-22-41)39-52(40-19-9-6-10-20-40)57(59(51)58)42-23-13-8-14-24-42/h6-39H,1-5H3. The summed E-state index contributed by atoms with van der Waals surface area (Å²) in [6.45, 7) is 12.0. The highest BCUT2D eigenvalue weighted by Crippen LogP contribution is 2.52. The van der Waals surface area contributed by atoms with E-state index in [0.717, 1.165) is 17.1 Å². The predicted molar refractivity (Wildman–Crippen MR) is 270 cm³/mol. The van der Waals surface area contributed by atoms with E-state index in [-0.39, 0.29) is 5.41 Å². The Hall–Kier alpha value is -7.00. The van der Waals surface area contributed by atoms with Crippen molar-refractivity contribution in [3.05, 3.63) is 217 Å². The fourth-order valence-corrected chi connectivity index (χ4v) is 11.4. The van der Waals surface area contributed by atoms with Crippen LogP contribution in [0.3, 0.4) is 0 Å². The highest BCUT2D eigenvalue weighted by Gasteiger charge is 2.36. The van der Waals surface area contributed by atoms with Crippen molar-refractivity contribution in [1.29, 1.82) is 0 Å². The van der Waals surface area contributed by atoms with Gasteiger partial charge in [0.05, 0.1) is 8.07 Å². The molecule has 1 aliphatic carbocycles. The van der Waals surface area contributed by atoms with Crippen molar-refractivity contribution in [3.63, 3.8) is 0 Å². The molecule has 0 unspecified atom stereocenters. The van der Waals surface area contributed by atoms with Gasteiger partial charge in [0.25, 0.3) is 0 Å². The second kappa shape index (κ2) is 14.6. The number of fused-ring (bicyclic) bond motifs is 9. The van der Waals surface area contributed by atoms with Crippen molar-refractivity contribution in [2.75, 3.05) is 4.90 Å². The van der Waals surface area contributed by atoms with Crippen LogP contribution in [0.2, 0.25) is 19.6 Å². The fourth-order valence-electron chi connectivity index (χ4n) is 10.3. The van der Waals surface area contributed by atoms with Gasteiger partial charge in [-0.05, 0) is 130 Å². The SMILES string of the molecule is CC1(C)c2ccccc2-c2ccc(N(c3ccc([Si](C)(C)C)cc3)c3ccc4c(c3)c3ccccc3c3c(-c5ccccc5)cc(-c5ccccc5)c(-c5ccccc5)c43)cc21. The minimum atomic E-state index is -1.52. The van der Waals surface area contributed by atoms with Gasteiger partial charge in [-0.3, -0.25) is 0 Å². The number of hydrogen-bond acceptors (Lipinski definition) is 1. The Bertz CT molecular complexity index is 3320. The molecule has 0 bridgehead atoms. The third-order valence-electron chi connectivity index (χ3n) is 13.4. The van der Waals surface area contributed by atoms with E-state index in [1.165, 1.54) is 93.1 Å². The molecule has 0 amide bonds. The van der Waals surface area contributed by atoms with Gasteiger partial charge in [0.2, 0.25) is 0 Å². The van der Waals surface area contributed by atoms with Crippen molar-refractivity contribution in [2.45, 2.75) is 38.9 Å². The number of hydrogen-bond donors (Lipinski definition) is 0. The fraction of sp³-hybridized carbons (Fsp3) is 0.100. The summed E-state index contributed by atoms with van der Waals surface area (Å²) >= 11 is 0. The van der Waals surface area contributed by atoms with Crippen molar-refractivity contribution in [2.24, 2.45) is 0 Å². The lowest BCUT2D eigenvalue weighted by Crippen LogP contribution is -2.37. The maximum absolute atomic E-state index is 2.49. The smallest absolute Gasteiger partial charge is 0.0775 e. The molecular weight excluding hydrogens is 763 g/mol. The van der Waals surface area contributed by atoms with Gasteiger partial charge in [0.1, 0.15) is 0 Å². The van der Waals surface area contributed by atoms with E-state index in [4.69, 9.17) is 0 Å². The van der Waals surface area contributed by atoms with E-state index < -0.39 is 8.07 Å². The van der Waals surface area contributed by atoms with E-state index in [1.54, 1.807) is 0 Å². The van der Waals surface area contributed by atoms with Crippen molar-refractivity contribution >= 4 is 62.6 Å². The van der Waals surface area contributed by atoms with Gasteiger partial charge in [0, 0.05) is 22.5 Å². The molecule has 0 N–H and O–H groups in total. The Morgan fingerprint density at radius 3 is 1.55 bits per heavy atom. The Labute approximate surface area is 366 Å². The van der Waals surface area contributed by atoms with Crippen LogP contribution in [0.1, 0.15) is 25.0 Å². The first kappa shape index (κ1) is 38.0. The van der Waals surface area contributed by atoms with Gasteiger partial charge < -0.3 is 4.90 Å². The summed E-state index contributed by atoms with van der Waals surface area (Å²) in [4.78, 5) is 2.49. The summed E-state index contributed by atoms with van der Waals surface area (Å²) in [6, 6.07) is 77.1. The van der Waals surface area contributed by atoms with Gasteiger partial charge in [-0.15, -0.1) is 0 Å². The minimum absolute atomic E-state index is 0.117. The topological polar surface area (TPSA) is 3.24 Å². The third-order valence-corrected chi connectivity index (χ3v) is 15.5. The average Bonchev–Trinajstić information content (AvgIpc) is 3.54. The van der Waals surface area contributed by atoms with Crippen molar-refractivity contribution in [1.82, 2.24) is 0 Å². The number of nitrogens with zero attached hydrogens (tertiary/aromatic N) is 1. The zero-order valence-electron chi connectivity index (χ0n) is 36.1. The predicted octanol–water partition coefficient (Wildman–Crippen LogP) is 16.5. The lowest BCUT2D eigenvalue weighted by Gasteiger charge is -2.29. The zero-order valence-corrected chi connectivity index (χ0v) is 37.1. The maximum Gasteiger partial charge on any atom is 0.0775 e. The first-order chi connectivity index (χ1) is 30.2. The van der Waals surface area contributed by atoms with E-state index in [9.17, 15) is 0 Å². The van der Waals surface area contributed by atoms with Crippen molar-refractivity contribution < 1.29 is 0 Å². The Morgan fingerprint density at radius 2 is 0.871 bits per heavy atom. The highest BCUT2D eigenvalue weighted by atomic mass is 28.3. The second-order valence-electron chi connectivity index (χ2n) is 18.5. The summed E-state index contributed by atoms with van der Waals surface area (Å²) in [5.74, 6) is 0. The lowest BCUT2D eigenvalue weighted by atomic mass is 9.81. The van der Waals surface area contributed by atoms with Crippen LogP contribution in [0.25, 0.3) is 76.8 Å². The van der Waals surface area contributed by atoms with E-state index in [1.807, 2.05) is 0 Å². The van der Waals surface area contributed by atoms with Crippen LogP contribution in [0, 0.1) is 0 Å². The van der Waals surface area contributed by atoms with Gasteiger partial charge in [-0.25, -0.2) is 0 Å². The highest BCUT2D eigenvalue weighted by molar-refractivity contribution is 6.88. The van der Waals surface area contributed by atoms with E-state index >= 15 is 0 Å². The Morgan fingerprint density at radius 1 is 0.355 bits per heavy atom. The zero-order chi connectivity index (χ0) is 42.2. The Balaban J connectivity index is 1.23. The molecule has 0 heterocycles. The summed E-state index contributed by atoms with van der Waals surface area (Å²) in [7, 11) is -1.52. The minimum Gasteiger partial charge on any atom is -0.310 e. The normalized spacial score (nSPS) is 13.0. The first-order valence-electron chi connectivity index (χ1n) is 21.9. The molecule has 0 spiro atoms.